The van der Waals surface area contributed by atoms with Gasteiger partial charge in [0, 0.05) is 39.9 Å². The highest BCUT2D eigenvalue weighted by Crippen LogP contribution is 2.29. The fourth-order valence-electron chi connectivity index (χ4n) is 3.93. The van der Waals surface area contributed by atoms with Crippen LogP contribution in [0.3, 0.4) is 0 Å². The molecule has 0 saturated carbocycles. The van der Waals surface area contributed by atoms with E-state index in [0.717, 1.165) is 0 Å². The summed E-state index contributed by atoms with van der Waals surface area (Å²) >= 11 is 0. The molecule has 0 unspecified atom stereocenters. The molecule has 1 aliphatic rings. The van der Waals surface area contributed by atoms with Crippen molar-refractivity contribution in [2.45, 2.75) is 20.3 Å². The Morgan fingerprint density at radius 3 is 2.09 bits per heavy atom. The number of rotatable bonds is 7. The van der Waals surface area contributed by atoms with Crippen LogP contribution in [0.4, 0.5) is 5.69 Å². The van der Waals surface area contributed by atoms with Crippen molar-refractivity contribution in [3.05, 3.63) is 100 Å². The monoisotopic (exact) mass is 469 g/mol. The Morgan fingerprint density at radius 1 is 0.800 bits per heavy atom. The third-order valence-corrected chi connectivity index (χ3v) is 5.59. The van der Waals surface area contributed by atoms with E-state index in [9.17, 15) is 24.0 Å². The molecule has 0 heterocycles. The lowest BCUT2D eigenvalue weighted by Crippen LogP contribution is -2.25. The van der Waals surface area contributed by atoms with Gasteiger partial charge < -0.3 is 10.1 Å². The molecule has 1 aliphatic carbocycles. The summed E-state index contributed by atoms with van der Waals surface area (Å²) in [5.74, 6) is -1.99. The first kappa shape index (κ1) is 23.8. The van der Waals surface area contributed by atoms with Gasteiger partial charge in [-0.25, -0.2) is 4.79 Å². The molecule has 3 aromatic rings. The average Bonchev–Trinajstić information content (AvgIpc) is 2.85. The Morgan fingerprint density at radius 2 is 1.43 bits per heavy atom. The topological polar surface area (TPSA) is 107 Å². The van der Waals surface area contributed by atoms with Crippen LogP contribution in [0, 0.1) is 5.92 Å². The van der Waals surface area contributed by atoms with Crippen LogP contribution < -0.4 is 5.32 Å². The molecule has 3 aromatic carbocycles. The normalized spacial score (nSPS) is 12.1. The number of carbonyl (C=O) groups excluding carboxylic acids is 5. The third kappa shape index (κ3) is 4.94. The number of benzene rings is 3. The summed E-state index contributed by atoms with van der Waals surface area (Å²) in [6.07, 6.45) is 0.388. The van der Waals surface area contributed by atoms with E-state index in [0.29, 0.717) is 17.7 Å². The molecular weight excluding hydrogens is 446 g/mol. The molecular formula is C28H23NO6. The lowest BCUT2D eigenvalue weighted by atomic mass is 9.82. The molecule has 0 atom stereocenters. The van der Waals surface area contributed by atoms with Crippen LogP contribution in [-0.4, -0.2) is 35.8 Å². The van der Waals surface area contributed by atoms with Gasteiger partial charge in [-0.2, -0.15) is 0 Å². The Hall–Kier alpha value is -4.39. The molecule has 0 fully saturated rings. The smallest absolute Gasteiger partial charge is 0.339 e. The van der Waals surface area contributed by atoms with Crippen molar-refractivity contribution in [3.8, 4) is 0 Å². The van der Waals surface area contributed by atoms with Crippen molar-refractivity contribution in [2.75, 3.05) is 11.9 Å². The molecule has 4 rings (SSSR count). The summed E-state index contributed by atoms with van der Waals surface area (Å²) in [6.45, 7) is 3.35. The number of Topliss-reactive ketones (excluding diaryl/α,β-unsaturated/α-hetero) is 1. The minimum atomic E-state index is -0.867. The molecule has 35 heavy (non-hydrogen) atoms. The van der Waals surface area contributed by atoms with E-state index < -0.39 is 24.1 Å². The standard InChI is InChI=1S/C28H23NO6/c1-16(2)14-24(31)29-18-12-10-17(11-13-18)23(30)15-35-28(34)22-9-5-8-21-25(22)27(33)20-7-4-3-6-19(20)26(21)32/h3-13,16H,14-15H2,1-2H3,(H,29,31). The van der Waals surface area contributed by atoms with Gasteiger partial charge in [0.05, 0.1) is 5.56 Å². The van der Waals surface area contributed by atoms with Gasteiger partial charge in [0.25, 0.3) is 0 Å². The maximum Gasteiger partial charge on any atom is 0.339 e. The van der Waals surface area contributed by atoms with Crippen LogP contribution in [0.15, 0.2) is 66.7 Å². The maximum absolute atomic E-state index is 13.0. The van der Waals surface area contributed by atoms with Crippen molar-refractivity contribution >= 4 is 34.9 Å². The number of carbonyl (C=O) groups is 5. The number of nitrogens with one attached hydrogen (secondary N) is 1. The van der Waals surface area contributed by atoms with Gasteiger partial charge in [0.1, 0.15) is 0 Å². The summed E-state index contributed by atoms with van der Waals surface area (Å²) in [4.78, 5) is 63.1. The van der Waals surface area contributed by atoms with Gasteiger partial charge in [-0.3, -0.25) is 19.2 Å². The van der Waals surface area contributed by atoms with Gasteiger partial charge in [0.2, 0.25) is 5.91 Å². The van der Waals surface area contributed by atoms with E-state index >= 15 is 0 Å². The zero-order valence-corrected chi connectivity index (χ0v) is 19.3. The summed E-state index contributed by atoms with van der Waals surface area (Å²) in [5, 5.41) is 2.76. The Bertz CT molecular complexity index is 1350. The number of ether oxygens (including phenoxy) is 1. The molecule has 1 N–H and O–H groups in total. The summed E-state index contributed by atoms with van der Waals surface area (Å²) in [5.41, 5.74) is 1.42. The third-order valence-electron chi connectivity index (χ3n) is 5.59. The van der Waals surface area contributed by atoms with Gasteiger partial charge in [-0.05, 0) is 36.2 Å². The fourth-order valence-corrected chi connectivity index (χ4v) is 3.93. The maximum atomic E-state index is 13.0. The largest absolute Gasteiger partial charge is 0.454 e. The van der Waals surface area contributed by atoms with E-state index in [1.165, 1.54) is 30.3 Å². The van der Waals surface area contributed by atoms with Crippen LogP contribution in [0.1, 0.15) is 72.8 Å². The fraction of sp³-hybridized carbons (Fsp3) is 0.179. The van der Waals surface area contributed by atoms with Crippen LogP contribution in [0.2, 0.25) is 0 Å². The van der Waals surface area contributed by atoms with Crippen LogP contribution in [-0.2, 0) is 9.53 Å². The number of hydrogen-bond donors (Lipinski definition) is 1. The molecule has 0 spiro atoms. The highest BCUT2D eigenvalue weighted by Gasteiger charge is 2.33. The van der Waals surface area contributed by atoms with E-state index in [4.69, 9.17) is 4.74 Å². The van der Waals surface area contributed by atoms with Crippen molar-refractivity contribution in [1.29, 1.82) is 0 Å². The highest BCUT2D eigenvalue weighted by atomic mass is 16.5. The Balaban J connectivity index is 1.45. The summed E-state index contributed by atoms with van der Waals surface area (Å²) < 4.78 is 5.20. The molecule has 0 aliphatic heterocycles. The molecule has 1 amide bonds. The lowest BCUT2D eigenvalue weighted by Gasteiger charge is -2.19. The molecule has 176 valence electrons. The van der Waals surface area contributed by atoms with Gasteiger partial charge in [-0.1, -0.05) is 50.2 Å². The molecule has 0 saturated heterocycles. The second kappa shape index (κ2) is 9.85. The van der Waals surface area contributed by atoms with E-state index in [-0.39, 0.29) is 45.4 Å². The number of amides is 1. The van der Waals surface area contributed by atoms with Crippen molar-refractivity contribution in [1.82, 2.24) is 0 Å². The quantitative estimate of drug-likeness (QED) is 0.316. The molecule has 0 radical (unpaired) electrons. The number of esters is 1. The van der Waals surface area contributed by atoms with E-state index in [2.05, 4.69) is 5.32 Å². The van der Waals surface area contributed by atoms with Gasteiger partial charge in [0.15, 0.2) is 24.0 Å². The predicted molar refractivity (Wildman–Crippen MR) is 129 cm³/mol. The first-order valence-corrected chi connectivity index (χ1v) is 11.2. The van der Waals surface area contributed by atoms with Crippen molar-refractivity contribution in [3.63, 3.8) is 0 Å². The van der Waals surface area contributed by atoms with E-state index in [1.54, 1.807) is 36.4 Å². The van der Waals surface area contributed by atoms with Gasteiger partial charge in [-0.15, -0.1) is 0 Å². The van der Waals surface area contributed by atoms with E-state index in [1.807, 2.05) is 13.8 Å². The molecule has 0 bridgehead atoms. The minimum absolute atomic E-state index is 0.0184. The lowest BCUT2D eigenvalue weighted by molar-refractivity contribution is -0.116. The van der Waals surface area contributed by atoms with Crippen LogP contribution in [0.5, 0.6) is 0 Å². The number of anilines is 1. The number of fused-ring (bicyclic) bond motifs is 2. The highest BCUT2D eigenvalue weighted by molar-refractivity contribution is 6.30. The first-order valence-electron chi connectivity index (χ1n) is 11.2. The molecule has 7 heteroatoms. The predicted octanol–water partition coefficient (Wildman–Crippen LogP) is 4.49. The van der Waals surface area contributed by atoms with Crippen LogP contribution in [0.25, 0.3) is 0 Å². The van der Waals surface area contributed by atoms with Crippen molar-refractivity contribution < 1.29 is 28.7 Å². The first-order chi connectivity index (χ1) is 16.8. The second-order valence-electron chi connectivity index (χ2n) is 8.65. The SMILES string of the molecule is CC(C)CC(=O)Nc1ccc(C(=O)COC(=O)c2cccc3c2C(=O)c2ccccc2C3=O)cc1. The zero-order chi connectivity index (χ0) is 25.1. The Kier molecular flexibility index (Phi) is 6.68. The zero-order valence-electron chi connectivity index (χ0n) is 19.3. The second-order valence-corrected chi connectivity index (χ2v) is 8.65. The average molecular weight is 469 g/mol. The molecule has 0 aromatic heterocycles. The van der Waals surface area contributed by atoms with Gasteiger partial charge >= 0.3 is 5.97 Å². The molecule has 7 nitrogen and oxygen atoms in total. The summed E-state index contributed by atoms with van der Waals surface area (Å²) in [6, 6.07) is 17.1. The summed E-state index contributed by atoms with van der Waals surface area (Å²) in [7, 11) is 0. The number of ketones is 3. The minimum Gasteiger partial charge on any atom is -0.454 e. The Labute approximate surface area is 202 Å². The van der Waals surface area contributed by atoms with Crippen molar-refractivity contribution in [2.24, 2.45) is 5.92 Å². The van der Waals surface area contributed by atoms with Crippen LogP contribution >= 0.6 is 0 Å². The number of hydrogen-bond acceptors (Lipinski definition) is 6.